The summed E-state index contributed by atoms with van der Waals surface area (Å²) in [6.45, 7) is 2.28. The first kappa shape index (κ1) is 8.99. The second kappa shape index (κ2) is 3.53. The molecule has 0 spiro atoms. The molecule has 1 N–H and O–H groups in total. The topological polar surface area (TPSA) is 66.8 Å². The summed E-state index contributed by atoms with van der Waals surface area (Å²) in [5.41, 5.74) is 0. The van der Waals surface area contributed by atoms with Gasteiger partial charge in [-0.2, -0.15) is 0 Å². The lowest BCUT2D eigenvalue weighted by Gasteiger charge is -2.29. The van der Waals surface area contributed by atoms with Gasteiger partial charge in [-0.1, -0.05) is 0 Å². The molecular weight excluding hydrogens is 162 g/mol. The number of hydrogen-bond acceptors (Lipinski definition) is 3. The average molecular weight is 173 g/mol. The number of carboxylic acids is 1. The lowest BCUT2D eigenvalue weighted by atomic mass is 10.2. The zero-order valence-corrected chi connectivity index (χ0v) is 6.82. The quantitative estimate of drug-likeness (QED) is 0.600. The number of ether oxygens (including phenoxy) is 1. The van der Waals surface area contributed by atoms with Gasteiger partial charge in [-0.25, -0.2) is 4.79 Å². The fourth-order valence-electron chi connectivity index (χ4n) is 1.07. The summed E-state index contributed by atoms with van der Waals surface area (Å²) in [5.74, 6) is -1.23. The Morgan fingerprint density at radius 3 is 2.92 bits per heavy atom. The number of rotatable bonds is 2. The van der Waals surface area contributed by atoms with Gasteiger partial charge < -0.3 is 14.7 Å². The van der Waals surface area contributed by atoms with E-state index in [9.17, 15) is 9.59 Å². The van der Waals surface area contributed by atoms with Crippen LogP contribution in [0.1, 0.15) is 6.92 Å². The van der Waals surface area contributed by atoms with Gasteiger partial charge in [0.2, 0.25) is 5.91 Å². The van der Waals surface area contributed by atoms with Gasteiger partial charge >= 0.3 is 5.97 Å². The molecule has 0 saturated carbocycles. The van der Waals surface area contributed by atoms with E-state index in [0.29, 0.717) is 13.2 Å². The van der Waals surface area contributed by atoms with Crippen LogP contribution in [0.5, 0.6) is 0 Å². The highest BCUT2D eigenvalue weighted by Crippen LogP contribution is 2.04. The van der Waals surface area contributed by atoms with Crippen molar-refractivity contribution in [1.82, 2.24) is 4.90 Å². The van der Waals surface area contributed by atoms with E-state index in [1.54, 1.807) is 0 Å². The number of hydrogen-bond donors (Lipinski definition) is 1. The fraction of sp³-hybridized carbons (Fsp3) is 0.714. The predicted octanol–water partition coefficient (Wildman–Crippen LogP) is -0.682. The Kier molecular flexibility index (Phi) is 2.65. The van der Waals surface area contributed by atoms with Crippen molar-refractivity contribution in [3.63, 3.8) is 0 Å². The van der Waals surface area contributed by atoms with Crippen LogP contribution in [0.4, 0.5) is 0 Å². The predicted molar refractivity (Wildman–Crippen MR) is 39.6 cm³/mol. The first-order valence-electron chi connectivity index (χ1n) is 3.73. The molecule has 5 heteroatoms. The van der Waals surface area contributed by atoms with Gasteiger partial charge in [0.15, 0.2) is 0 Å². The Morgan fingerprint density at radius 1 is 1.75 bits per heavy atom. The molecule has 0 aromatic rings. The maximum Gasteiger partial charge on any atom is 0.326 e. The number of morpholine rings is 1. The minimum atomic E-state index is -0.981. The molecule has 1 aliphatic heterocycles. The number of carbonyl (C=O) groups excluding carboxylic acids is 1. The summed E-state index contributed by atoms with van der Waals surface area (Å²) in [6.07, 6.45) is 0. The molecule has 12 heavy (non-hydrogen) atoms. The van der Waals surface area contributed by atoms with E-state index in [0.717, 1.165) is 0 Å². The van der Waals surface area contributed by atoms with Crippen molar-refractivity contribution in [2.45, 2.75) is 13.0 Å². The van der Waals surface area contributed by atoms with Crippen molar-refractivity contribution in [2.75, 3.05) is 19.8 Å². The van der Waals surface area contributed by atoms with Crippen molar-refractivity contribution in [1.29, 1.82) is 0 Å². The molecule has 1 amide bonds. The summed E-state index contributed by atoms with van der Waals surface area (Å²) in [6, 6.07) is -0.749. The number of amides is 1. The van der Waals surface area contributed by atoms with E-state index < -0.39 is 12.0 Å². The van der Waals surface area contributed by atoms with Gasteiger partial charge in [-0.15, -0.1) is 0 Å². The molecule has 1 rings (SSSR count). The van der Waals surface area contributed by atoms with Crippen LogP contribution in [0.3, 0.4) is 0 Å². The molecule has 1 saturated heterocycles. The monoisotopic (exact) mass is 173 g/mol. The molecular formula is C7H11NO4. The van der Waals surface area contributed by atoms with Crippen LogP contribution in [0.15, 0.2) is 0 Å². The van der Waals surface area contributed by atoms with E-state index in [2.05, 4.69) is 0 Å². The Labute approximate surface area is 69.9 Å². The first-order chi connectivity index (χ1) is 5.63. The minimum absolute atomic E-state index is 0.00236. The number of carbonyl (C=O) groups is 2. The molecule has 0 bridgehead atoms. The van der Waals surface area contributed by atoms with Gasteiger partial charge in [0.05, 0.1) is 6.61 Å². The summed E-state index contributed by atoms with van der Waals surface area (Å²) in [5, 5.41) is 8.62. The van der Waals surface area contributed by atoms with Crippen molar-refractivity contribution >= 4 is 11.9 Å². The van der Waals surface area contributed by atoms with Crippen molar-refractivity contribution < 1.29 is 19.4 Å². The summed E-state index contributed by atoms with van der Waals surface area (Å²) in [7, 11) is 0. The van der Waals surface area contributed by atoms with Crippen molar-refractivity contribution in [3.05, 3.63) is 0 Å². The molecule has 1 fully saturated rings. The van der Waals surface area contributed by atoms with Crippen molar-refractivity contribution in [3.8, 4) is 0 Å². The van der Waals surface area contributed by atoms with E-state index in [1.165, 1.54) is 11.8 Å². The molecule has 5 nitrogen and oxygen atoms in total. The highest BCUT2D eigenvalue weighted by Gasteiger charge is 2.27. The highest BCUT2D eigenvalue weighted by molar-refractivity contribution is 5.84. The Morgan fingerprint density at radius 2 is 2.42 bits per heavy atom. The molecule has 0 aliphatic carbocycles. The molecule has 0 aromatic carbocycles. The second-order valence-electron chi connectivity index (χ2n) is 2.65. The highest BCUT2D eigenvalue weighted by atomic mass is 16.5. The van der Waals surface area contributed by atoms with Crippen molar-refractivity contribution in [2.24, 2.45) is 0 Å². The van der Waals surface area contributed by atoms with E-state index in [1.807, 2.05) is 0 Å². The van der Waals surface area contributed by atoms with Crippen LogP contribution >= 0.6 is 0 Å². The van der Waals surface area contributed by atoms with Gasteiger partial charge in [0, 0.05) is 6.54 Å². The maximum atomic E-state index is 11.1. The van der Waals surface area contributed by atoms with E-state index in [-0.39, 0.29) is 12.5 Å². The summed E-state index contributed by atoms with van der Waals surface area (Å²) < 4.78 is 4.86. The van der Waals surface area contributed by atoms with Crippen LogP contribution in [-0.2, 0) is 14.3 Å². The number of nitrogens with zero attached hydrogens (tertiary/aromatic N) is 1. The third-order valence-corrected chi connectivity index (χ3v) is 1.85. The van der Waals surface area contributed by atoms with Crippen LogP contribution in [0.2, 0.25) is 0 Å². The van der Waals surface area contributed by atoms with Gasteiger partial charge in [-0.05, 0) is 6.92 Å². The molecule has 1 atom stereocenters. The van der Waals surface area contributed by atoms with Crippen LogP contribution in [0.25, 0.3) is 0 Å². The fourth-order valence-corrected chi connectivity index (χ4v) is 1.07. The maximum absolute atomic E-state index is 11.1. The summed E-state index contributed by atoms with van der Waals surface area (Å²) in [4.78, 5) is 22.9. The zero-order chi connectivity index (χ0) is 9.14. The van der Waals surface area contributed by atoms with Gasteiger partial charge in [0.25, 0.3) is 0 Å². The minimum Gasteiger partial charge on any atom is -0.480 e. The average Bonchev–Trinajstić information content (AvgIpc) is 2.04. The SMILES string of the molecule is C[C@H](C(=O)O)N1CCOCC1=O. The Hall–Kier alpha value is -1.10. The smallest absolute Gasteiger partial charge is 0.326 e. The zero-order valence-electron chi connectivity index (χ0n) is 6.82. The standard InChI is InChI=1S/C7H11NO4/c1-5(7(10)11)8-2-3-12-4-6(8)9/h5H,2-4H2,1H3,(H,10,11)/t5-/m1/s1. The molecule has 1 aliphatic rings. The molecule has 0 aromatic heterocycles. The van der Waals surface area contributed by atoms with Gasteiger partial charge in [-0.3, -0.25) is 4.79 Å². The largest absolute Gasteiger partial charge is 0.480 e. The Balaban J connectivity index is 2.59. The van der Waals surface area contributed by atoms with Gasteiger partial charge in [0.1, 0.15) is 12.6 Å². The molecule has 0 radical (unpaired) electrons. The normalized spacial score (nSPS) is 20.8. The number of carboxylic acid groups (broad SMARTS) is 1. The van der Waals surface area contributed by atoms with Crippen LogP contribution in [-0.4, -0.2) is 47.7 Å². The third-order valence-electron chi connectivity index (χ3n) is 1.85. The lowest BCUT2D eigenvalue weighted by molar-refractivity contribution is -0.156. The van der Waals surface area contributed by atoms with E-state index >= 15 is 0 Å². The Bertz CT molecular complexity index is 204. The first-order valence-corrected chi connectivity index (χ1v) is 3.73. The summed E-state index contributed by atoms with van der Waals surface area (Å²) >= 11 is 0. The van der Waals surface area contributed by atoms with Crippen LogP contribution < -0.4 is 0 Å². The second-order valence-corrected chi connectivity index (χ2v) is 2.65. The van der Waals surface area contributed by atoms with E-state index in [4.69, 9.17) is 9.84 Å². The molecule has 68 valence electrons. The number of aliphatic carboxylic acids is 1. The third kappa shape index (κ3) is 1.73. The lowest BCUT2D eigenvalue weighted by Crippen LogP contribution is -2.49. The molecule has 1 heterocycles. The molecule has 0 unspecified atom stereocenters. The van der Waals surface area contributed by atoms with Crippen LogP contribution in [0, 0.1) is 0 Å².